The van der Waals surface area contributed by atoms with Crippen molar-refractivity contribution in [2.24, 2.45) is 0 Å². The number of carboxylic acid groups (broad SMARTS) is 2. The molecule has 0 bridgehead atoms. The van der Waals surface area contributed by atoms with Crippen LogP contribution < -0.4 is 0 Å². The molecule has 0 unspecified atom stereocenters. The predicted octanol–water partition coefficient (Wildman–Crippen LogP) is 2.88. The number of nitro benzene ring substituents is 1. The van der Waals surface area contributed by atoms with E-state index in [1.165, 1.54) is 43.3 Å². The Morgan fingerprint density at radius 1 is 0.792 bits per heavy atom. The number of ketones is 1. The third-order valence-electron chi connectivity index (χ3n) is 2.86. The molecule has 24 heavy (non-hydrogen) atoms. The summed E-state index contributed by atoms with van der Waals surface area (Å²) in [6.07, 6.45) is 0. The fourth-order valence-electron chi connectivity index (χ4n) is 1.57. The van der Waals surface area contributed by atoms with Crippen molar-refractivity contribution in [1.29, 1.82) is 0 Å². The highest BCUT2D eigenvalue weighted by molar-refractivity contribution is 5.95. The van der Waals surface area contributed by atoms with Gasteiger partial charge in [-0.2, -0.15) is 0 Å². The second-order valence-corrected chi connectivity index (χ2v) is 4.55. The molecule has 0 aliphatic rings. The molecule has 2 N–H and O–H groups in total. The monoisotopic (exact) mass is 331 g/mol. The van der Waals surface area contributed by atoms with Crippen molar-refractivity contribution in [2.75, 3.05) is 0 Å². The topological polar surface area (TPSA) is 135 Å². The van der Waals surface area contributed by atoms with Crippen molar-refractivity contribution in [2.45, 2.75) is 6.92 Å². The summed E-state index contributed by atoms with van der Waals surface area (Å²) >= 11 is 0. The molecule has 0 aromatic heterocycles. The lowest BCUT2D eigenvalue weighted by molar-refractivity contribution is -0.384. The van der Waals surface area contributed by atoms with Crippen LogP contribution in [0.1, 0.15) is 38.0 Å². The van der Waals surface area contributed by atoms with Crippen molar-refractivity contribution in [3.05, 3.63) is 75.3 Å². The maximum atomic E-state index is 10.8. The van der Waals surface area contributed by atoms with Gasteiger partial charge in [-0.05, 0) is 31.2 Å². The van der Waals surface area contributed by atoms with Crippen LogP contribution in [-0.4, -0.2) is 32.9 Å². The predicted molar refractivity (Wildman–Crippen MR) is 83.5 cm³/mol. The van der Waals surface area contributed by atoms with Gasteiger partial charge in [-0.15, -0.1) is 0 Å². The van der Waals surface area contributed by atoms with E-state index in [1.807, 2.05) is 0 Å². The van der Waals surface area contributed by atoms with E-state index in [2.05, 4.69) is 0 Å². The largest absolute Gasteiger partial charge is 0.478 e. The first kappa shape index (κ1) is 18.5. The highest BCUT2D eigenvalue weighted by Crippen LogP contribution is 2.11. The van der Waals surface area contributed by atoms with Crippen molar-refractivity contribution >= 4 is 23.4 Å². The average Bonchev–Trinajstić information content (AvgIpc) is 2.55. The van der Waals surface area contributed by atoms with E-state index < -0.39 is 16.9 Å². The minimum Gasteiger partial charge on any atom is -0.478 e. The quantitative estimate of drug-likeness (QED) is 0.499. The molecule has 0 aliphatic heterocycles. The lowest BCUT2D eigenvalue weighted by Crippen LogP contribution is -1.97. The fraction of sp³-hybridized carbons (Fsp3) is 0.0625. The van der Waals surface area contributed by atoms with Crippen LogP contribution in [0.5, 0.6) is 0 Å². The van der Waals surface area contributed by atoms with E-state index >= 15 is 0 Å². The minimum atomic E-state index is -1.09. The van der Waals surface area contributed by atoms with Crippen LogP contribution >= 0.6 is 0 Å². The standard InChI is InChI=1S/C9H8O3.C7H5NO4/c1-6(10)7-2-4-8(5-3-7)9(11)12;9-7(10)5-1-3-6(4-2-5)8(11)12/h2-5H,1H3,(H,11,12);1-4H,(H,9,10). The molecule has 8 nitrogen and oxygen atoms in total. The van der Waals surface area contributed by atoms with E-state index in [-0.39, 0.29) is 22.6 Å². The van der Waals surface area contributed by atoms with Gasteiger partial charge in [0.1, 0.15) is 0 Å². The number of carboxylic acids is 2. The van der Waals surface area contributed by atoms with Gasteiger partial charge < -0.3 is 10.2 Å². The molecule has 0 atom stereocenters. The smallest absolute Gasteiger partial charge is 0.335 e. The van der Waals surface area contributed by atoms with E-state index in [0.29, 0.717) is 5.56 Å². The van der Waals surface area contributed by atoms with Crippen LogP contribution in [0, 0.1) is 10.1 Å². The summed E-state index contributed by atoms with van der Waals surface area (Å²) in [6, 6.07) is 10.5. The second kappa shape index (κ2) is 8.18. The van der Waals surface area contributed by atoms with Gasteiger partial charge >= 0.3 is 11.9 Å². The zero-order valence-corrected chi connectivity index (χ0v) is 12.5. The Morgan fingerprint density at radius 2 is 1.12 bits per heavy atom. The van der Waals surface area contributed by atoms with Gasteiger partial charge in [-0.3, -0.25) is 14.9 Å². The first-order chi connectivity index (χ1) is 11.2. The molecular weight excluding hydrogens is 318 g/mol. The van der Waals surface area contributed by atoms with Gasteiger partial charge in [-0.25, -0.2) is 9.59 Å². The van der Waals surface area contributed by atoms with E-state index in [0.717, 1.165) is 12.1 Å². The highest BCUT2D eigenvalue weighted by Gasteiger charge is 2.07. The molecule has 0 heterocycles. The molecule has 0 aliphatic carbocycles. The Hall–Kier alpha value is -3.55. The molecule has 8 heteroatoms. The Kier molecular flexibility index (Phi) is 6.30. The van der Waals surface area contributed by atoms with Gasteiger partial charge in [0.25, 0.3) is 5.69 Å². The number of benzene rings is 2. The van der Waals surface area contributed by atoms with Crippen LogP contribution in [0.2, 0.25) is 0 Å². The molecule has 0 saturated heterocycles. The Morgan fingerprint density at radius 3 is 1.42 bits per heavy atom. The summed E-state index contributed by atoms with van der Waals surface area (Å²) < 4.78 is 0. The SMILES string of the molecule is CC(=O)c1ccc(C(=O)O)cc1.O=C(O)c1ccc([N+](=O)[O-])cc1. The second-order valence-electron chi connectivity index (χ2n) is 4.55. The number of nitro groups is 1. The van der Waals surface area contributed by atoms with Gasteiger partial charge in [0.2, 0.25) is 0 Å². The van der Waals surface area contributed by atoms with Crippen LogP contribution in [0.4, 0.5) is 5.69 Å². The maximum absolute atomic E-state index is 10.8. The lowest BCUT2D eigenvalue weighted by atomic mass is 10.1. The number of hydrogen-bond acceptors (Lipinski definition) is 5. The summed E-state index contributed by atoms with van der Waals surface area (Å²) in [5, 5.41) is 27.1. The molecule has 2 rings (SSSR count). The number of hydrogen-bond donors (Lipinski definition) is 2. The van der Waals surface area contributed by atoms with E-state index in [4.69, 9.17) is 10.2 Å². The molecule has 0 spiro atoms. The number of nitrogens with zero attached hydrogens (tertiary/aromatic N) is 1. The summed E-state index contributed by atoms with van der Waals surface area (Å²) in [4.78, 5) is 41.1. The van der Waals surface area contributed by atoms with Crippen molar-refractivity contribution in [1.82, 2.24) is 0 Å². The summed E-state index contributed by atoms with van der Waals surface area (Å²) in [7, 11) is 0. The fourth-order valence-corrected chi connectivity index (χ4v) is 1.57. The van der Waals surface area contributed by atoms with E-state index in [9.17, 15) is 24.5 Å². The summed E-state index contributed by atoms with van der Waals surface area (Å²) in [6.45, 7) is 1.44. The van der Waals surface area contributed by atoms with Gasteiger partial charge in [0, 0.05) is 17.7 Å². The van der Waals surface area contributed by atoms with Gasteiger partial charge in [0.15, 0.2) is 5.78 Å². The normalized spacial score (nSPS) is 9.38. The molecule has 0 radical (unpaired) electrons. The molecule has 124 valence electrons. The third-order valence-corrected chi connectivity index (χ3v) is 2.86. The third kappa shape index (κ3) is 5.34. The van der Waals surface area contributed by atoms with Gasteiger partial charge in [0.05, 0.1) is 16.1 Å². The van der Waals surface area contributed by atoms with Crippen LogP contribution in [0.15, 0.2) is 48.5 Å². The molecule has 0 fully saturated rings. The molecular formula is C16H13NO7. The summed E-state index contributed by atoms with van der Waals surface area (Å²) in [5.74, 6) is -2.14. The average molecular weight is 331 g/mol. The van der Waals surface area contributed by atoms with Crippen molar-refractivity contribution in [3.8, 4) is 0 Å². The summed E-state index contributed by atoms with van der Waals surface area (Å²) in [5.41, 5.74) is 0.653. The Balaban J connectivity index is 0.000000240. The number of non-ortho nitro benzene ring substituents is 1. The van der Waals surface area contributed by atoms with Crippen molar-refractivity contribution < 1.29 is 29.5 Å². The molecule has 2 aromatic rings. The number of Topliss-reactive ketones (excluding diaryl/α,β-unsaturated/α-hetero) is 1. The Bertz CT molecular complexity index is 631. The van der Waals surface area contributed by atoms with Gasteiger partial charge in [-0.1, -0.05) is 12.1 Å². The number of carbonyl (C=O) groups is 3. The number of aromatic carboxylic acids is 2. The zero-order chi connectivity index (χ0) is 18.3. The maximum Gasteiger partial charge on any atom is 0.335 e. The number of carbonyl (C=O) groups excluding carboxylic acids is 1. The molecule has 0 amide bonds. The zero-order valence-electron chi connectivity index (χ0n) is 12.5. The highest BCUT2D eigenvalue weighted by atomic mass is 16.6. The van der Waals surface area contributed by atoms with Crippen molar-refractivity contribution in [3.63, 3.8) is 0 Å². The van der Waals surface area contributed by atoms with E-state index in [1.54, 1.807) is 0 Å². The first-order valence-corrected chi connectivity index (χ1v) is 6.54. The minimum absolute atomic E-state index is 0.0422. The first-order valence-electron chi connectivity index (χ1n) is 6.54. The Labute approximate surface area is 136 Å². The lowest BCUT2D eigenvalue weighted by Gasteiger charge is -1.95. The molecule has 2 aromatic carbocycles. The molecule has 0 saturated carbocycles. The van der Waals surface area contributed by atoms with Crippen LogP contribution in [0.25, 0.3) is 0 Å². The number of rotatable bonds is 4. The van der Waals surface area contributed by atoms with Crippen LogP contribution in [-0.2, 0) is 0 Å². The van der Waals surface area contributed by atoms with Crippen LogP contribution in [0.3, 0.4) is 0 Å².